The van der Waals surface area contributed by atoms with Crippen LogP contribution < -0.4 is 15.0 Å². The summed E-state index contributed by atoms with van der Waals surface area (Å²) in [6.07, 6.45) is 0. The quantitative estimate of drug-likeness (QED) is 0.458. The number of benzene rings is 3. The van der Waals surface area contributed by atoms with Crippen molar-refractivity contribution in [3.8, 4) is 22.8 Å². The van der Waals surface area contributed by atoms with E-state index < -0.39 is 0 Å². The van der Waals surface area contributed by atoms with Gasteiger partial charge in [-0.25, -0.2) is 4.68 Å². The average Bonchev–Trinajstić information content (AvgIpc) is 2.81. The van der Waals surface area contributed by atoms with Gasteiger partial charge >= 0.3 is 0 Å². The first-order valence-electron chi connectivity index (χ1n) is 9.42. The minimum absolute atomic E-state index is 0.154. The zero-order valence-electron chi connectivity index (χ0n) is 16.7. The van der Waals surface area contributed by atoms with Gasteiger partial charge in [-0.3, -0.25) is 9.59 Å². The second-order valence-corrected chi connectivity index (χ2v) is 6.74. The summed E-state index contributed by atoms with van der Waals surface area (Å²) in [5, 5.41) is 5.79. The van der Waals surface area contributed by atoms with Crippen molar-refractivity contribution in [3.05, 3.63) is 88.7 Å². The number of ether oxygens (including phenoxy) is 2. The Morgan fingerprint density at radius 2 is 1.40 bits per heavy atom. The van der Waals surface area contributed by atoms with E-state index in [4.69, 9.17) is 9.47 Å². The smallest absolute Gasteiger partial charge is 0.275 e. The van der Waals surface area contributed by atoms with Crippen molar-refractivity contribution >= 4 is 16.6 Å². The standard InChI is InChI=1S/C24H20N2O4/c1-29-18-11-7-16(8-12-18)22(27)15-26-24(28)21-6-4-3-5-20(21)23(25-26)17-9-13-19(30-2)14-10-17/h3-14H,15H2,1-2H3. The van der Waals surface area contributed by atoms with Gasteiger partial charge in [-0.2, -0.15) is 5.10 Å². The van der Waals surface area contributed by atoms with Crippen molar-refractivity contribution in [2.45, 2.75) is 6.54 Å². The Labute approximate surface area is 173 Å². The monoisotopic (exact) mass is 400 g/mol. The van der Waals surface area contributed by atoms with Crippen molar-refractivity contribution < 1.29 is 14.3 Å². The van der Waals surface area contributed by atoms with Gasteiger partial charge in [-0.1, -0.05) is 18.2 Å². The lowest BCUT2D eigenvalue weighted by molar-refractivity contribution is 0.0966. The average molecular weight is 400 g/mol. The molecule has 0 aliphatic carbocycles. The summed E-state index contributed by atoms with van der Waals surface area (Å²) in [5.41, 5.74) is 1.65. The molecule has 6 heteroatoms. The van der Waals surface area contributed by atoms with E-state index in [1.165, 1.54) is 4.68 Å². The maximum absolute atomic E-state index is 13.0. The van der Waals surface area contributed by atoms with Crippen LogP contribution >= 0.6 is 0 Å². The van der Waals surface area contributed by atoms with Crippen molar-refractivity contribution in [2.24, 2.45) is 0 Å². The first-order chi connectivity index (χ1) is 14.6. The van der Waals surface area contributed by atoms with Gasteiger partial charge in [0.1, 0.15) is 18.0 Å². The molecular formula is C24H20N2O4. The predicted octanol–water partition coefficient (Wildman–Crippen LogP) is 3.96. The molecule has 0 atom stereocenters. The first kappa shape index (κ1) is 19.4. The van der Waals surface area contributed by atoms with Crippen LogP contribution in [0.2, 0.25) is 0 Å². The van der Waals surface area contributed by atoms with Crippen molar-refractivity contribution in [2.75, 3.05) is 14.2 Å². The van der Waals surface area contributed by atoms with Crippen LogP contribution in [0.15, 0.2) is 77.6 Å². The van der Waals surface area contributed by atoms with Crippen LogP contribution in [0.25, 0.3) is 22.0 Å². The largest absolute Gasteiger partial charge is 0.497 e. The summed E-state index contributed by atoms with van der Waals surface area (Å²) in [6.45, 7) is -0.154. The molecule has 30 heavy (non-hydrogen) atoms. The SMILES string of the molecule is COc1ccc(C(=O)Cn2nc(-c3ccc(OC)cc3)c3ccccc3c2=O)cc1. The Bertz CT molecular complexity index is 1260. The molecule has 0 bridgehead atoms. The number of Topliss-reactive ketones (excluding diaryl/α,β-unsaturated/α-hetero) is 1. The molecule has 0 fully saturated rings. The van der Waals surface area contributed by atoms with Crippen LogP contribution in [0.4, 0.5) is 0 Å². The number of hydrogen-bond acceptors (Lipinski definition) is 5. The van der Waals surface area contributed by atoms with E-state index in [2.05, 4.69) is 5.10 Å². The molecule has 0 N–H and O–H groups in total. The molecule has 0 aliphatic rings. The summed E-state index contributed by atoms with van der Waals surface area (Å²) in [6, 6.07) is 21.5. The number of methoxy groups -OCH3 is 2. The molecule has 150 valence electrons. The molecule has 1 heterocycles. The molecule has 3 aromatic carbocycles. The number of carbonyl (C=O) groups is 1. The van der Waals surface area contributed by atoms with Gasteiger partial charge in [0.15, 0.2) is 5.78 Å². The molecule has 0 saturated heterocycles. The van der Waals surface area contributed by atoms with Gasteiger partial charge in [-0.15, -0.1) is 0 Å². The van der Waals surface area contributed by atoms with E-state index in [-0.39, 0.29) is 17.9 Å². The number of carbonyl (C=O) groups excluding carboxylic acids is 1. The van der Waals surface area contributed by atoms with E-state index in [1.807, 2.05) is 36.4 Å². The molecule has 0 unspecified atom stereocenters. The lowest BCUT2D eigenvalue weighted by Crippen LogP contribution is -2.27. The fourth-order valence-corrected chi connectivity index (χ4v) is 3.31. The van der Waals surface area contributed by atoms with Crippen molar-refractivity contribution in [3.63, 3.8) is 0 Å². The summed E-state index contributed by atoms with van der Waals surface area (Å²) in [7, 11) is 3.17. The highest BCUT2D eigenvalue weighted by Crippen LogP contribution is 2.26. The van der Waals surface area contributed by atoms with Crippen molar-refractivity contribution in [1.29, 1.82) is 0 Å². The van der Waals surface area contributed by atoms with Crippen LogP contribution in [-0.4, -0.2) is 29.8 Å². The number of ketones is 1. The molecule has 0 spiro atoms. The molecule has 1 aromatic heterocycles. The number of aromatic nitrogens is 2. The van der Waals surface area contributed by atoms with Gasteiger partial charge in [-0.05, 0) is 54.6 Å². The summed E-state index contributed by atoms with van der Waals surface area (Å²) < 4.78 is 11.6. The Kier molecular flexibility index (Phi) is 5.30. The van der Waals surface area contributed by atoms with Gasteiger partial charge in [0.05, 0.1) is 25.3 Å². The lowest BCUT2D eigenvalue weighted by atomic mass is 10.0. The first-order valence-corrected chi connectivity index (χ1v) is 9.42. The minimum atomic E-state index is -0.301. The third-order valence-corrected chi connectivity index (χ3v) is 4.94. The summed E-state index contributed by atoms with van der Waals surface area (Å²) in [4.78, 5) is 25.8. The third-order valence-electron chi connectivity index (χ3n) is 4.94. The fraction of sp³-hybridized carbons (Fsp3) is 0.125. The van der Waals surface area contributed by atoms with Gasteiger partial charge in [0, 0.05) is 16.5 Å². The zero-order valence-corrected chi connectivity index (χ0v) is 16.7. The van der Waals surface area contributed by atoms with Gasteiger partial charge in [0.2, 0.25) is 0 Å². The normalized spacial score (nSPS) is 10.7. The van der Waals surface area contributed by atoms with Crippen molar-refractivity contribution in [1.82, 2.24) is 9.78 Å². The summed E-state index contributed by atoms with van der Waals surface area (Å²) >= 11 is 0. The van der Waals surface area contributed by atoms with E-state index in [9.17, 15) is 9.59 Å². The second kappa shape index (κ2) is 8.21. The van der Waals surface area contributed by atoms with Crippen LogP contribution in [-0.2, 0) is 6.54 Å². The highest BCUT2D eigenvalue weighted by atomic mass is 16.5. The third kappa shape index (κ3) is 3.67. The number of fused-ring (bicyclic) bond motifs is 1. The molecular weight excluding hydrogens is 380 g/mol. The van der Waals surface area contributed by atoms with E-state index in [0.29, 0.717) is 22.4 Å². The highest BCUT2D eigenvalue weighted by Gasteiger charge is 2.15. The van der Waals surface area contributed by atoms with E-state index >= 15 is 0 Å². The van der Waals surface area contributed by atoms with Crippen LogP contribution in [0.3, 0.4) is 0 Å². The number of rotatable bonds is 6. The highest BCUT2D eigenvalue weighted by molar-refractivity contribution is 5.97. The number of hydrogen-bond donors (Lipinski definition) is 0. The Morgan fingerprint density at radius 3 is 2.00 bits per heavy atom. The molecule has 0 amide bonds. The van der Waals surface area contributed by atoms with Crippen LogP contribution in [0, 0.1) is 0 Å². The molecule has 4 aromatic rings. The Hall–Kier alpha value is -3.93. The van der Waals surface area contributed by atoms with Gasteiger partial charge < -0.3 is 9.47 Å². The van der Waals surface area contributed by atoms with Crippen LogP contribution in [0.1, 0.15) is 10.4 Å². The lowest BCUT2D eigenvalue weighted by Gasteiger charge is -2.11. The topological polar surface area (TPSA) is 70.4 Å². The zero-order chi connectivity index (χ0) is 21.1. The molecule has 4 rings (SSSR count). The Balaban J connectivity index is 1.78. The molecule has 0 aliphatic heterocycles. The van der Waals surface area contributed by atoms with E-state index in [1.54, 1.807) is 50.6 Å². The molecule has 6 nitrogen and oxygen atoms in total. The van der Waals surface area contributed by atoms with Crippen LogP contribution in [0.5, 0.6) is 11.5 Å². The number of nitrogens with zero attached hydrogens (tertiary/aromatic N) is 2. The Morgan fingerprint density at radius 1 is 0.833 bits per heavy atom. The molecule has 0 radical (unpaired) electrons. The molecule has 0 saturated carbocycles. The van der Waals surface area contributed by atoms with E-state index in [0.717, 1.165) is 16.7 Å². The maximum atomic E-state index is 13.0. The summed E-state index contributed by atoms with van der Waals surface area (Å²) in [5.74, 6) is 1.18. The predicted molar refractivity (Wildman–Crippen MR) is 115 cm³/mol. The minimum Gasteiger partial charge on any atom is -0.497 e. The van der Waals surface area contributed by atoms with Gasteiger partial charge in [0.25, 0.3) is 5.56 Å². The second-order valence-electron chi connectivity index (χ2n) is 6.74. The maximum Gasteiger partial charge on any atom is 0.275 e. The fourth-order valence-electron chi connectivity index (χ4n) is 3.31.